The number of aldehydes is 1. The number of methoxy groups -OCH3 is 1. The van der Waals surface area contributed by atoms with Gasteiger partial charge in [0, 0.05) is 12.1 Å². The third-order valence-electron chi connectivity index (χ3n) is 5.03. The normalized spacial score (nSPS) is 10.4. The molecule has 0 fully saturated rings. The first-order valence-corrected chi connectivity index (χ1v) is 10.6. The van der Waals surface area contributed by atoms with Crippen molar-refractivity contribution in [3.8, 4) is 16.9 Å². The lowest BCUT2D eigenvalue weighted by molar-refractivity contribution is 0.0952. The van der Waals surface area contributed by atoms with Gasteiger partial charge in [-0.05, 0) is 42.2 Å². The minimum atomic E-state index is -1.13. The van der Waals surface area contributed by atoms with Gasteiger partial charge in [-0.25, -0.2) is 4.79 Å². The molecule has 170 valence electrons. The van der Waals surface area contributed by atoms with Gasteiger partial charge < -0.3 is 15.2 Å². The SMILES string of the molecule is COc1cc(C(=O)NCCCc2ccc(-c3ccccc3)c(NC(=O)O)c2)c(Cl)cc1C=O. The van der Waals surface area contributed by atoms with Gasteiger partial charge in [0.2, 0.25) is 0 Å². The molecule has 8 heteroatoms. The number of carbonyl (C=O) groups excluding carboxylic acids is 2. The molecule has 0 bridgehead atoms. The molecule has 0 aliphatic carbocycles. The summed E-state index contributed by atoms with van der Waals surface area (Å²) in [4.78, 5) is 34.8. The third-order valence-corrected chi connectivity index (χ3v) is 5.34. The largest absolute Gasteiger partial charge is 0.496 e. The quantitative estimate of drug-likeness (QED) is 0.294. The van der Waals surface area contributed by atoms with Gasteiger partial charge in [0.25, 0.3) is 5.91 Å². The zero-order chi connectivity index (χ0) is 23.8. The van der Waals surface area contributed by atoms with Crippen molar-refractivity contribution in [3.63, 3.8) is 0 Å². The lowest BCUT2D eigenvalue weighted by atomic mass is 9.99. The number of rotatable bonds is 9. The Morgan fingerprint density at radius 3 is 2.52 bits per heavy atom. The molecule has 0 spiro atoms. The third kappa shape index (κ3) is 6.11. The van der Waals surface area contributed by atoms with Crippen LogP contribution in [0.2, 0.25) is 5.02 Å². The number of anilines is 1. The molecule has 0 aliphatic rings. The first kappa shape index (κ1) is 23.8. The van der Waals surface area contributed by atoms with Crippen LogP contribution < -0.4 is 15.4 Å². The number of nitrogens with one attached hydrogen (secondary N) is 2. The number of ether oxygens (including phenoxy) is 1. The van der Waals surface area contributed by atoms with Crippen molar-refractivity contribution in [2.45, 2.75) is 12.8 Å². The Balaban J connectivity index is 1.64. The van der Waals surface area contributed by atoms with E-state index in [1.54, 1.807) is 6.07 Å². The summed E-state index contributed by atoms with van der Waals surface area (Å²) in [5, 5.41) is 14.6. The summed E-state index contributed by atoms with van der Waals surface area (Å²) in [5.74, 6) is -0.0973. The Bertz CT molecular complexity index is 1160. The van der Waals surface area contributed by atoms with Gasteiger partial charge in [0.05, 0.1) is 28.9 Å². The molecule has 0 aromatic heterocycles. The molecule has 3 aromatic carbocycles. The van der Waals surface area contributed by atoms with E-state index in [9.17, 15) is 19.5 Å². The van der Waals surface area contributed by atoms with Crippen molar-refractivity contribution < 1.29 is 24.2 Å². The van der Waals surface area contributed by atoms with Crippen LogP contribution in [-0.4, -0.2) is 37.0 Å². The number of halogens is 1. The summed E-state index contributed by atoms with van der Waals surface area (Å²) in [6, 6.07) is 18.0. The topological polar surface area (TPSA) is 105 Å². The maximum atomic E-state index is 12.5. The molecule has 0 saturated heterocycles. The molecule has 7 nitrogen and oxygen atoms in total. The molecule has 0 heterocycles. The highest BCUT2D eigenvalue weighted by atomic mass is 35.5. The summed E-state index contributed by atoms with van der Waals surface area (Å²) < 4.78 is 5.13. The van der Waals surface area contributed by atoms with E-state index in [0.717, 1.165) is 16.7 Å². The van der Waals surface area contributed by atoms with Crippen molar-refractivity contribution in [1.29, 1.82) is 0 Å². The van der Waals surface area contributed by atoms with Crippen molar-refractivity contribution in [2.75, 3.05) is 19.0 Å². The molecule has 0 unspecified atom stereocenters. The van der Waals surface area contributed by atoms with Crippen LogP contribution >= 0.6 is 11.6 Å². The second-order valence-corrected chi connectivity index (χ2v) is 7.63. The first-order chi connectivity index (χ1) is 15.9. The summed E-state index contributed by atoms with van der Waals surface area (Å²) in [6.45, 7) is 0.384. The number of amides is 2. The Morgan fingerprint density at radius 2 is 1.85 bits per heavy atom. The van der Waals surface area contributed by atoms with Crippen molar-refractivity contribution >= 4 is 35.6 Å². The van der Waals surface area contributed by atoms with E-state index in [1.807, 2.05) is 42.5 Å². The van der Waals surface area contributed by atoms with E-state index >= 15 is 0 Å². The Morgan fingerprint density at radius 1 is 1.09 bits per heavy atom. The van der Waals surface area contributed by atoms with Crippen LogP contribution in [0.4, 0.5) is 10.5 Å². The van der Waals surface area contributed by atoms with Gasteiger partial charge in [-0.3, -0.25) is 14.9 Å². The minimum absolute atomic E-state index is 0.163. The van der Waals surface area contributed by atoms with Crippen LogP contribution in [0.1, 0.15) is 32.7 Å². The Labute approximate surface area is 196 Å². The van der Waals surface area contributed by atoms with Gasteiger partial charge >= 0.3 is 6.09 Å². The molecule has 3 rings (SSSR count). The van der Waals surface area contributed by atoms with E-state index in [0.29, 0.717) is 31.4 Å². The van der Waals surface area contributed by atoms with Gasteiger partial charge in [0.1, 0.15) is 5.75 Å². The van der Waals surface area contributed by atoms with Gasteiger partial charge in [-0.15, -0.1) is 0 Å². The second kappa shape index (κ2) is 11.2. The van der Waals surface area contributed by atoms with Crippen molar-refractivity contribution in [3.05, 3.63) is 82.4 Å². The van der Waals surface area contributed by atoms with Gasteiger partial charge in [-0.2, -0.15) is 0 Å². The van der Waals surface area contributed by atoms with Gasteiger partial charge in [0.15, 0.2) is 6.29 Å². The number of carboxylic acid groups (broad SMARTS) is 1. The molecular weight excluding hydrogens is 444 g/mol. The molecule has 0 saturated carbocycles. The minimum Gasteiger partial charge on any atom is -0.496 e. The van der Waals surface area contributed by atoms with Crippen LogP contribution in [0.3, 0.4) is 0 Å². The summed E-state index contributed by atoms with van der Waals surface area (Å²) in [5.41, 5.74) is 3.63. The number of carbonyl (C=O) groups is 3. The summed E-state index contributed by atoms with van der Waals surface area (Å²) in [6.07, 6.45) is 0.738. The highest BCUT2D eigenvalue weighted by molar-refractivity contribution is 6.34. The molecule has 3 aromatic rings. The first-order valence-electron chi connectivity index (χ1n) is 10.2. The zero-order valence-corrected chi connectivity index (χ0v) is 18.7. The average Bonchev–Trinajstić information content (AvgIpc) is 2.81. The van der Waals surface area contributed by atoms with E-state index in [-0.39, 0.29) is 27.8 Å². The number of hydrogen-bond donors (Lipinski definition) is 3. The fourth-order valence-corrected chi connectivity index (χ4v) is 3.69. The highest BCUT2D eigenvalue weighted by Crippen LogP contribution is 2.29. The number of hydrogen-bond acceptors (Lipinski definition) is 4. The summed E-state index contributed by atoms with van der Waals surface area (Å²) >= 11 is 6.13. The molecular formula is C25H23ClN2O5. The van der Waals surface area contributed by atoms with Crippen LogP contribution in [-0.2, 0) is 6.42 Å². The molecule has 0 aliphatic heterocycles. The molecule has 33 heavy (non-hydrogen) atoms. The number of aryl methyl sites for hydroxylation is 1. The van der Waals surface area contributed by atoms with Crippen molar-refractivity contribution in [1.82, 2.24) is 5.32 Å². The van der Waals surface area contributed by atoms with E-state index in [2.05, 4.69) is 10.6 Å². The predicted molar refractivity (Wildman–Crippen MR) is 128 cm³/mol. The fraction of sp³-hybridized carbons (Fsp3) is 0.160. The second-order valence-electron chi connectivity index (χ2n) is 7.23. The smallest absolute Gasteiger partial charge is 0.409 e. The van der Waals surface area contributed by atoms with E-state index in [4.69, 9.17) is 16.3 Å². The predicted octanol–water partition coefficient (Wildman–Crippen LogP) is 5.28. The van der Waals surface area contributed by atoms with Crippen LogP contribution in [0.25, 0.3) is 11.1 Å². The highest BCUT2D eigenvalue weighted by Gasteiger charge is 2.15. The summed E-state index contributed by atoms with van der Waals surface area (Å²) in [7, 11) is 1.41. The van der Waals surface area contributed by atoms with Crippen LogP contribution in [0, 0.1) is 0 Å². The Hall–Kier alpha value is -3.84. The molecule has 0 atom stereocenters. The van der Waals surface area contributed by atoms with E-state index < -0.39 is 6.09 Å². The maximum Gasteiger partial charge on any atom is 0.409 e. The monoisotopic (exact) mass is 466 g/mol. The maximum absolute atomic E-state index is 12.5. The van der Waals surface area contributed by atoms with Gasteiger partial charge in [-0.1, -0.05) is 54.1 Å². The van der Waals surface area contributed by atoms with Crippen LogP contribution in [0.15, 0.2) is 60.7 Å². The standard InChI is InChI=1S/C25H23ClN2O5/c1-33-23-14-20(21(26)13-18(23)15-29)24(30)27-11-5-6-16-9-10-19(17-7-3-2-4-8-17)22(12-16)28-25(31)32/h2-4,7-10,12-15,28H,5-6,11H2,1H3,(H,27,30)(H,31,32). The van der Waals surface area contributed by atoms with Crippen LogP contribution in [0.5, 0.6) is 5.75 Å². The fourth-order valence-electron chi connectivity index (χ4n) is 3.44. The number of benzene rings is 3. The lowest BCUT2D eigenvalue weighted by Gasteiger charge is -2.13. The molecule has 3 N–H and O–H groups in total. The average molecular weight is 467 g/mol. The molecule has 0 radical (unpaired) electrons. The molecule has 2 amide bonds. The van der Waals surface area contributed by atoms with E-state index in [1.165, 1.54) is 19.2 Å². The van der Waals surface area contributed by atoms with Crippen molar-refractivity contribution in [2.24, 2.45) is 0 Å². The Kier molecular flexibility index (Phi) is 8.05. The zero-order valence-electron chi connectivity index (χ0n) is 17.9. The lowest BCUT2D eigenvalue weighted by Crippen LogP contribution is -2.25.